The van der Waals surface area contributed by atoms with Crippen molar-refractivity contribution in [1.82, 2.24) is 0 Å². The molecule has 0 aliphatic carbocycles. The first-order valence-electron chi connectivity index (χ1n) is 6.07. The van der Waals surface area contributed by atoms with Gasteiger partial charge in [-0.25, -0.2) is 0 Å². The Morgan fingerprint density at radius 3 is 2.20 bits per heavy atom. The molecular formula is C11H24O3P-. The molecule has 4 heteroatoms. The third-order valence-corrected chi connectivity index (χ3v) is 3.85. The van der Waals surface area contributed by atoms with Gasteiger partial charge in [0.2, 0.25) is 0 Å². The van der Waals surface area contributed by atoms with Gasteiger partial charge in [-0.05, 0) is 12.8 Å². The van der Waals surface area contributed by atoms with Crippen LogP contribution in [0.4, 0.5) is 0 Å². The molecule has 0 bridgehead atoms. The van der Waals surface area contributed by atoms with Crippen LogP contribution in [0.2, 0.25) is 0 Å². The Kier molecular flexibility index (Phi) is 9.48. The minimum Gasteiger partial charge on any atom is -0.778 e. The second kappa shape index (κ2) is 9.38. The highest BCUT2D eigenvalue weighted by Gasteiger charge is 2.05. The van der Waals surface area contributed by atoms with E-state index >= 15 is 0 Å². The van der Waals surface area contributed by atoms with Gasteiger partial charge in [-0.3, -0.25) is 0 Å². The summed E-state index contributed by atoms with van der Waals surface area (Å²) in [5, 5.41) is 0. The molecule has 0 fully saturated rings. The quantitative estimate of drug-likeness (QED) is 0.431. The zero-order valence-electron chi connectivity index (χ0n) is 10.0. The summed E-state index contributed by atoms with van der Waals surface area (Å²) in [5.41, 5.74) is 0. The molecule has 1 atom stereocenters. The standard InChI is InChI=1S/C11H25O3P/c1-3-5-6-7-8-9-10-14-15(12,13)11-4-2/h3-11H2,1-2H3,(H,12,13)/p-1. The number of hydrogen-bond donors (Lipinski definition) is 0. The van der Waals surface area contributed by atoms with Crippen LogP contribution in [0.1, 0.15) is 58.8 Å². The summed E-state index contributed by atoms with van der Waals surface area (Å²) in [6, 6.07) is 0. The molecule has 92 valence electrons. The highest BCUT2D eigenvalue weighted by atomic mass is 31.2. The molecule has 0 saturated carbocycles. The van der Waals surface area contributed by atoms with Crippen molar-refractivity contribution in [3.63, 3.8) is 0 Å². The zero-order valence-corrected chi connectivity index (χ0v) is 10.9. The van der Waals surface area contributed by atoms with Gasteiger partial charge in [0.05, 0.1) is 6.61 Å². The van der Waals surface area contributed by atoms with Gasteiger partial charge in [0.15, 0.2) is 0 Å². The van der Waals surface area contributed by atoms with Crippen molar-refractivity contribution in [2.75, 3.05) is 12.8 Å². The molecular weight excluding hydrogens is 211 g/mol. The Labute approximate surface area is 93.8 Å². The van der Waals surface area contributed by atoms with Crippen molar-refractivity contribution < 1.29 is 14.0 Å². The Bertz CT molecular complexity index is 183. The lowest BCUT2D eigenvalue weighted by Crippen LogP contribution is -2.08. The summed E-state index contributed by atoms with van der Waals surface area (Å²) in [4.78, 5) is 11.2. The summed E-state index contributed by atoms with van der Waals surface area (Å²) in [6.07, 6.45) is 7.69. The van der Waals surface area contributed by atoms with Crippen LogP contribution in [0.5, 0.6) is 0 Å². The molecule has 3 nitrogen and oxygen atoms in total. The number of rotatable bonds is 10. The summed E-state index contributed by atoms with van der Waals surface area (Å²) >= 11 is 0. The first kappa shape index (κ1) is 15.2. The molecule has 0 spiro atoms. The molecule has 1 unspecified atom stereocenters. The van der Waals surface area contributed by atoms with E-state index in [9.17, 15) is 9.46 Å². The van der Waals surface area contributed by atoms with Gasteiger partial charge >= 0.3 is 0 Å². The average molecular weight is 235 g/mol. The minimum atomic E-state index is -3.50. The van der Waals surface area contributed by atoms with Gasteiger partial charge in [0.1, 0.15) is 7.60 Å². The van der Waals surface area contributed by atoms with Crippen LogP contribution in [-0.2, 0) is 9.09 Å². The second-order valence-corrected chi connectivity index (χ2v) is 5.86. The lowest BCUT2D eigenvalue weighted by Gasteiger charge is -2.22. The summed E-state index contributed by atoms with van der Waals surface area (Å²) in [6.45, 7) is 4.40. The van der Waals surface area contributed by atoms with E-state index in [0.29, 0.717) is 13.0 Å². The van der Waals surface area contributed by atoms with Gasteiger partial charge in [0, 0.05) is 6.16 Å². The fourth-order valence-corrected chi connectivity index (χ4v) is 2.51. The van der Waals surface area contributed by atoms with Gasteiger partial charge < -0.3 is 14.0 Å². The molecule has 0 aliphatic rings. The molecule has 0 rings (SSSR count). The van der Waals surface area contributed by atoms with E-state index in [1.807, 2.05) is 6.92 Å². The van der Waals surface area contributed by atoms with E-state index < -0.39 is 7.60 Å². The van der Waals surface area contributed by atoms with Crippen molar-refractivity contribution in [3.05, 3.63) is 0 Å². The largest absolute Gasteiger partial charge is 0.778 e. The van der Waals surface area contributed by atoms with Crippen molar-refractivity contribution >= 4 is 7.60 Å². The van der Waals surface area contributed by atoms with E-state index in [4.69, 9.17) is 4.52 Å². The van der Waals surface area contributed by atoms with Crippen LogP contribution in [0.25, 0.3) is 0 Å². The van der Waals surface area contributed by atoms with Gasteiger partial charge in [0.25, 0.3) is 0 Å². The first-order valence-corrected chi connectivity index (χ1v) is 7.79. The van der Waals surface area contributed by atoms with Crippen molar-refractivity contribution in [3.8, 4) is 0 Å². The lowest BCUT2D eigenvalue weighted by atomic mass is 10.1. The molecule has 0 aromatic heterocycles. The SMILES string of the molecule is CCCCCCCCOP(=O)([O-])CCC. The van der Waals surface area contributed by atoms with E-state index in [1.54, 1.807) is 0 Å². The van der Waals surface area contributed by atoms with Crippen LogP contribution in [0, 0.1) is 0 Å². The third-order valence-electron chi connectivity index (χ3n) is 2.28. The molecule has 15 heavy (non-hydrogen) atoms. The predicted molar refractivity (Wildman–Crippen MR) is 62.1 cm³/mol. The van der Waals surface area contributed by atoms with Crippen LogP contribution < -0.4 is 4.89 Å². The van der Waals surface area contributed by atoms with Crippen LogP contribution in [0.15, 0.2) is 0 Å². The fraction of sp³-hybridized carbons (Fsp3) is 1.00. The predicted octanol–water partition coefficient (Wildman–Crippen LogP) is 3.33. The Morgan fingerprint density at radius 2 is 1.60 bits per heavy atom. The minimum absolute atomic E-state index is 0.169. The molecule has 0 amide bonds. The van der Waals surface area contributed by atoms with E-state index in [-0.39, 0.29) is 6.16 Å². The maximum Gasteiger partial charge on any atom is 0.134 e. The Hall–Kier alpha value is 0.150. The van der Waals surface area contributed by atoms with E-state index in [1.165, 1.54) is 25.7 Å². The van der Waals surface area contributed by atoms with Gasteiger partial charge in [-0.15, -0.1) is 0 Å². The molecule has 0 radical (unpaired) electrons. The Morgan fingerprint density at radius 1 is 1.00 bits per heavy atom. The molecule has 0 aromatic rings. The van der Waals surface area contributed by atoms with Gasteiger partial charge in [-0.1, -0.05) is 46.0 Å². The van der Waals surface area contributed by atoms with Crippen LogP contribution in [-0.4, -0.2) is 12.8 Å². The maximum atomic E-state index is 11.2. The Balaban J connectivity index is 3.26. The highest BCUT2D eigenvalue weighted by molar-refractivity contribution is 7.51. The smallest absolute Gasteiger partial charge is 0.134 e. The summed E-state index contributed by atoms with van der Waals surface area (Å²) < 4.78 is 16.0. The third kappa shape index (κ3) is 10.4. The van der Waals surface area contributed by atoms with E-state index in [0.717, 1.165) is 12.8 Å². The molecule has 0 N–H and O–H groups in total. The topological polar surface area (TPSA) is 49.4 Å². The molecule has 0 heterocycles. The summed E-state index contributed by atoms with van der Waals surface area (Å²) in [5.74, 6) is 0. The van der Waals surface area contributed by atoms with Crippen molar-refractivity contribution in [2.45, 2.75) is 58.8 Å². The molecule has 0 saturated heterocycles. The summed E-state index contributed by atoms with van der Waals surface area (Å²) in [7, 11) is -3.50. The first-order chi connectivity index (χ1) is 7.12. The lowest BCUT2D eigenvalue weighted by molar-refractivity contribution is -0.198. The van der Waals surface area contributed by atoms with E-state index in [2.05, 4.69) is 6.92 Å². The maximum absolute atomic E-state index is 11.2. The number of hydrogen-bond acceptors (Lipinski definition) is 3. The molecule has 0 aromatic carbocycles. The fourth-order valence-electron chi connectivity index (χ4n) is 1.42. The average Bonchev–Trinajstić information content (AvgIpc) is 2.16. The number of unbranched alkanes of at least 4 members (excludes halogenated alkanes) is 5. The molecule has 0 aliphatic heterocycles. The highest BCUT2D eigenvalue weighted by Crippen LogP contribution is 2.37. The zero-order chi connectivity index (χ0) is 11.6. The van der Waals surface area contributed by atoms with Crippen molar-refractivity contribution in [2.24, 2.45) is 0 Å². The monoisotopic (exact) mass is 235 g/mol. The second-order valence-electron chi connectivity index (χ2n) is 3.94. The normalized spacial score (nSPS) is 15.1. The van der Waals surface area contributed by atoms with Crippen LogP contribution >= 0.6 is 7.60 Å². The van der Waals surface area contributed by atoms with Crippen LogP contribution in [0.3, 0.4) is 0 Å². The van der Waals surface area contributed by atoms with Crippen molar-refractivity contribution in [1.29, 1.82) is 0 Å². The van der Waals surface area contributed by atoms with Gasteiger partial charge in [-0.2, -0.15) is 0 Å².